The molecular formula is C12H12F2N4O3. The van der Waals surface area contributed by atoms with Gasteiger partial charge in [-0.25, -0.2) is 18.4 Å². The number of hydrogen-bond donors (Lipinski definition) is 2. The average molecular weight is 298 g/mol. The van der Waals surface area contributed by atoms with Crippen molar-refractivity contribution < 1.29 is 23.8 Å². The van der Waals surface area contributed by atoms with E-state index in [1.165, 1.54) is 16.8 Å². The maximum atomic E-state index is 13.0. The van der Waals surface area contributed by atoms with Gasteiger partial charge >= 0.3 is 5.97 Å². The van der Waals surface area contributed by atoms with Gasteiger partial charge in [0.1, 0.15) is 11.4 Å². The second-order valence-corrected chi connectivity index (χ2v) is 4.28. The first kappa shape index (κ1) is 15.0. The van der Waals surface area contributed by atoms with Crippen LogP contribution in [-0.2, 0) is 24.9 Å². The summed E-state index contributed by atoms with van der Waals surface area (Å²) in [6.07, 6.45) is -3.45. The first-order valence-corrected chi connectivity index (χ1v) is 5.93. The molecule has 7 nitrogen and oxygen atoms in total. The molecule has 2 rings (SSSR count). The van der Waals surface area contributed by atoms with Crippen LogP contribution in [0.1, 0.15) is 23.4 Å². The molecule has 9 heteroatoms. The predicted molar refractivity (Wildman–Crippen MR) is 66.5 cm³/mol. The number of nitrogens with zero attached hydrogens (tertiary/aromatic N) is 4. The molecule has 0 atom stereocenters. The summed E-state index contributed by atoms with van der Waals surface area (Å²) in [7, 11) is 1.55. The summed E-state index contributed by atoms with van der Waals surface area (Å²) in [6, 6.07) is 2.65. The van der Waals surface area contributed by atoms with Crippen LogP contribution < -0.4 is 0 Å². The molecule has 0 aliphatic heterocycles. The lowest BCUT2D eigenvalue weighted by Crippen LogP contribution is -2.07. The van der Waals surface area contributed by atoms with Gasteiger partial charge < -0.3 is 10.2 Å². The summed E-state index contributed by atoms with van der Waals surface area (Å²) in [5.74, 6) is -1.22. The lowest BCUT2D eigenvalue weighted by atomic mass is 10.1. The van der Waals surface area contributed by atoms with Crippen LogP contribution in [0.4, 0.5) is 8.78 Å². The lowest BCUT2D eigenvalue weighted by Gasteiger charge is -2.08. The van der Waals surface area contributed by atoms with E-state index in [1.54, 1.807) is 7.05 Å². The van der Waals surface area contributed by atoms with Gasteiger partial charge in [0.05, 0.1) is 24.4 Å². The van der Waals surface area contributed by atoms with Crippen LogP contribution in [0.25, 0.3) is 11.4 Å². The Hall–Kier alpha value is -2.42. The van der Waals surface area contributed by atoms with Crippen LogP contribution in [0.5, 0.6) is 0 Å². The zero-order chi connectivity index (χ0) is 15.6. The number of alkyl halides is 2. The molecule has 0 radical (unpaired) electrons. The van der Waals surface area contributed by atoms with Crippen molar-refractivity contribution in [2.24, 2.45) is 7.05 Å². The Bertz CT molecular complexity index is 673. The van der Waals surface area contributed by atoms with Crippen LogP contribution in [0, 0.1) is 0 Å². The number of aliphatic hydroxyl groups is 1. The summed E-state index contributed by atoms with van der Waals surface area (Å²) in [5, 5.41) is 25.4. The lowest BCUT2D eigenvalue weighted by molar-refractivity contribution is -0.136. The molecule has 0 aromatic carbocycles. The second kappa shape index (κ2) is 5.92. The number of aliphatic hydroxyl groups excluding tert-OH is 1. The largest absolute Gasteiger partial charge is 0.481 e. The SMILES string of the molecule is Cn1nnc(-c2ccc(CC(=O)O)c(C(F)F)n2)c1CO. The number of halogens is 2. The third-order valence-corrected chi connectivity index (χ3v) is 2.90. The van der Waals surface area contributed by atoms with E-state index in [0.29, 0.717) is 5.69 Å². The summed E-state index contributed by atoms with van der Waals surface area (Å²) < 4.78 is 27.3. The van der Waals surface area contributed by atoms with Crippen LogP contribution in [0.3, 0.4) is 0 Å². The van der Waals surface area contributed by atoms with Gasteiger partial charge in [-0.3, -0.25) is 4.79 Å². The van der Waals surface area contributed by atoms with Gasteiger partial charge in [-0.2, -0.15) is 0 Å². The zero-order valence-corrected chi connectivity index (χ0v) is 11.0. The third-order valence-electron chi connectivity index (χ3n) is 2.90. The topological polar surface area (TPSA) is 101 Å². The number of rotatable bonds is 5. The maximum Gasteiger partial charge on any atom is 0.307 e. The highest BCUT2D eigenvalue weighted by molar-refractivity contribution is 5.71. The molecule has 0 aliphatic rings. The van der Waals surface area contributed by atoms with Gasteiger partial charge in [-0.05, 0) is 11.6 Å². The Balaban J connectivity index is 2.51. The molecule has 112 valence electrons. The fraction of sp³-hybridized carbons (Fsp3) is 0.333. The molecule has 2 aromatic rings. The van der Waals surface area contributed by atoms with E-state index >= 15 is 0 Å². The van der Waals surface area contributed by atoms with Crippen molar-refractivity contribution in [3.8, 4) is 11.4 Å². The molecule has 0 fully saturated rings. The van der Waals surface area contributed by atoms with Gasteiger partial charge in [0.25, 0.3) is 6.43 Å². The van der Waals surface area contributed by atoms with Crippen LogP contribution in [-0.4, -0.2) is 36.2 Å². The number of hydrogen-bond acceptors (Lipinski definition) is 5. The van der Waals surface area contributed by atoms with Crippen molar-refractivity contribution in [2.45, 2.75) is 19.5 Å². The molecule has 0 unspecified atom stereocenters. The Kier molecular flexibility index (Phi) is 4.22. The van der Waals surface area contributed by atoms with Gasteiger partial charge in [-0.1, -0.05) is 11.3 Å². The van der Waals surface area contributed by atoms with Crippen molar-refractivity contribution in [3.63, 3.8) is 0 Å². The number of carboxylic acids is 1. The quantitative estimate of drug-likeness (QED) is 0.851. The van der Waals surface area contributed by atoms with Crippen LogP contribution in [0.15, 0.2) is 12.1 Å². The Morgan fingerprint density at radius 2 is 2.14 bits per heavy atom. The first-order chi connectivity index (χ1) is 9.93. The number of carbonyl (C=O) groups is 1. The number of aliphatic carboxylic acids is 1. The molecule has 2 aromatic heterocycles. The molecular weight excluding hydrogens is 286 g/mol. The minimum Gasteiger partial charge on any atom is -0.481 e. The van der Waals surface area contributed by atoms with Crippen LogP contribution in [0.2, 0.25) is 0 Å². The molecule has 2 heterocycles. The van der Waals surface area contributed by atoms with Crippen molar-refractivity contribution in [1.82, 2.24) is 20.0 Å². The number of aryl methyl sites for hydroxylation is 1. The molecule has 21 heavy (non-hydrogen) atoms. The first-order valence-electron chi connectivity index (χ1n) is 5.93. The number of aromatic nitrogens is 4. The average Bonchev–Trinajstić information content (AvgIpc) is 2.79. The summed E-state index contributed by atoms with van der Waals surface area (Å²) in [6.45, 7) is -0.374. The van der Waals surface area contributed by atoms with Crippen molar-refractivity contribution in [3.05, 3.63) is 29.1 Å². The van der Waals surface area contributed by atoms with E-state index in [4.69, 9.17) is 5.11 Å². The molecule has 0 bridgehead atoms. The highest BCUT2D eigenvalue weighted by Gasteiger charge is 2.20. The zero-order valence-electron chi connectivity index (χ0n) is 11.0. The fourth-order valence-electron chi connectivity index (χ4n) is 1.89. The Labute approximate surface area is 117 Å². The highest BCUT2D eigenvalue weighted by atomic mass is 19.3. The van der Waals surface area contributed by atoms with E-state index in [-0.39, 0.29) is 23.6 Å². The molecule has 0 aliphatic carbocycles. The third kappa shape index (κ3) is 3.02. The van der Waals surface area contributed by atoms with Gasteiger partial charge in [0.15, 0.2) is 0 Å². The molecule has 0 spiro atoms. The van der Waals surface area contributed by atoms with E-state index in [9.17, 15) is 18.7 Å². The maximum absolute atomic E-state index is 13.0. The Morgan fingerprint density at radius 3 is 2.71 bits per heavy atom. The van der Waals surface area contributed by atoms with Gasteiger partial charge in [0, 0.05) is 7.05 Å². The second-order valence-electron chi connectivity index (χ2n) is 4.28. The molecule has 0 amide bonds. The van der Waals surface area contributed by atoms with Crippen molar-refractivity contribution in [1.29, 1.82) is 0 Å². The summed E-state index contributed by atoms with van der Waals surface area (Å²) >= 11 is 0. The van der Waals surface area contributed by atoms with E-state index in [0.717, 1.165) is 0 Å². The normalized spacial score (nSPS) is 11.1. The van der Waals surface area contributed by atoms with Gasteiger partial charge in [0.2, 0.25) is 0 Å². The summed E-state index contributed by atoms with van der Waals surface area (Å²) in [4.78, 5) is 14.4. The monoisotopic (exact) mass is 298 g/mol. The minimum atomic E-state index is -2.91. The highest BCUT2D eigenvalue weighted by Crippen LogP contribution is 2.26. The van der Waals surface area contributed by atoms with E-state index in [1.807, 2.05) is 0 Å². The van der Waals surface area contributed by atoms with Crippen LogP contribution >= 0.6 is 0 Å². The van der Waals surface area contributed by atoms with E-state index in [2.05, 4.69) is 15.3 Å². The fourth-order valence-corrected chi connectivity index (χ4v) is 1.89. The number of carboxylic acid groups (broad SMARTS) is 1. The standard InChI is InChI=1S/C12H12F2N4O3/c1-18-8(5-19)11(16-17-18)7-3-2-6(4-9(20)21)10(15-7)12(13)14/h2-3,12,19H,4-5H2,1H3,(H,20,21). The van der Waals surface area contributed by atoms with Crippen molar-refractivity contribution >= 4 is 5.97 Å². The van der Waals surface area contributed by atoms with Gasteiger partial charge in [-0.15, -0.1) is 5.10 Å². The molecule has 0 saturated heterocycles. The minimum absolute atomic E-state index is 0.0595. The summed E-state index contributed by atoms with van der Waals surface area (Å²) in [5.41, 5.74) is -0.0470. The molecule has 0 saturated carbocycles. The van der Waals surface area contributed by atoms with Crippen molar-refractivity contribution in [2.75, 3.05) is 0 Å². The number of pyridine rings is 1. The predicted octanol–water partition coefficient (Wildman–Crippen LogP) is 0.934. The smallest absolute Gasteiger partial charge is 0.307 e. The molecule has 2 N–H and O–H groups in total. The van der Waals surface area contributed by atoms with E-state index < -0.39 is 24.5 Å². The Morgan fingerprint density at radius 1 is 1.43 bits per heavy atom.